The van der Waals surface area contributed by atoms with E-state index in [-0.39, 0.29) is 11.4 Å². The van der Waals surface area contributed by atoms with Crippen molar-refractivity contribution in [1.29, 1.82) is 0 Å². The van der Waals surface area contributed by atoms with Gasteiger partial charge < -0.3 is 4.74 Å². The van der Waals surface area contributed by atoms with Gasteiger partial charge in [0.1, 0.15) is 5.75 Å². The van der Waals surface area contributed by atoms with E-state index in [0.29, 0.717) is 47.9 Å². The molecule has 0 fully saturated rings. The van der Waals surface area contributed by atoms with Crippen LogP contribution in [-0.2, 0) is 15.5 Å². The summed E-state index contributed by atoms with van der Waals surface area (Å²) in [7, 11) is -3.30. The van der Waals surface area contributed by atoms with Crippen molar-refractivity contribution in [2.75, 3.05) is 23.7 Å². The van der Waals surface area contributed by atoms with Gasteiger partial charge in [-0.3, -0.25) is 19.2 Å². The molecular formula is C19H22Br2N3O5P. The molecule has 2 N–H and O–H groups in total. The maximum atomic E-state index is 13.2. The number of rotatable bonds is 11. The number of hydrogen-bond acceptors (Lipinski definition) is 5. The van der Waals surface area contributed by atoms with Crippen LogP contribution in [0.1, 0.15) is 23.7 Å². The van der Waals surface area contributed by atoms with E-state index < -0.39 is 18.7 Å². The van der Waals surface area contributed by atoms with Gasteiger partial charge in [0.2, 0.25) is 5.75 Å². The van der Waals surface area contributed by atoms with Crippen molar-refractivity contribution in [2.24, 2.45) is 0 Å². The number of nitro benzene ring substituents is 1. The van der Waals surface area contributed by atoms with Crippen LogP contribution in [0.4, 0.5) is 5.69 Å². The molecule has 0 radical (unpaired) electrons. The molecule has 0 aliphatic heterocycles. The summed E-state index contributed by atoms with van der Waals surface area (Å²) in [5.41, 5.74) is 1.37. The average Bonchev–Trinajstić information content (AvgIpc) is 3.14. The SMILES string of the molecule is O=[N+]([O-])c1ccc2c(c1Oc1ccccc1)CCC2OP(=O)(NCCBr)NCCBr. The third-order valence-electron chi connectivity index (χ3n) is 4.54. The smallest absolute Gasteiger partial charge is 0.341 e. The Morgan fingerprint density at radius 2 is 1.77 bits per heavy atom. The summed E-state index contributed by atoms with van der Waals surface area (Å²) in [6, 6.07) is 12.0. The van der Waals surface area contributed by atoms with Crippen LogP contribution in [0.15, 0.2) is 42.5 Å². The van der Waals surface area contributed by atoms with E-state index in [9.17, 15) is 14.7 Å². The first kappa shape index (κ1) is 23.4. The van der Waals surface area contributed by atoms with Crippen LogP contribution in [0, 0.1) is 10.1 Å². The Bertz CT molecular complexity index is 920. The van der Waals surface area contributed by atoms with Gasteiger partial charge in [0, 0.05) is 35.4 Å². The molecule has 0 amide bonds. The molecule has 1 aliphatic rings. The number of halogens is 2. The van der Waals surface area contributed by atoms with E-state index >= 15 is 0 Å². The molecule has 11 heteroatoms. The minimum absolute atomic E-state index is 0.101. The molecule has 3 rings (SSSR count). The maximum absolute atomic E-state index is 13.2. The molecule has 2 aromatic rings. The van der Waals surface area contributed by atoms with Crippen LogP contribution in [0.5, 0.6) is 11.5 Å². The van der Waals surface area contributed by atoms with Gasteiger partial charge in [-0.15, -0.1) is 0 Å². The first-order valence-electron chi connectivity index (χ1n) is 9.41. The van der Waals surface area contributed by atoms with Gasteiger partial charge in [0.05, 0.1) is 11.0 Å². The highest BCUT2D eigenvalue weighted by Gasteiger charge is 2.36. The van der Waals surface area contributed by atoms with Crippen LogP contribution in [0.2, 0.25) is 0 Å². The first-order valence-corrected chi connectivity index (χ1v) is 13.3. The molecule has 0 saturated carbocycles. The Morgan fingerprint density at radius 1 is 1.10 bits per heavy atom. The molecule has 1 unspecified atom stereocenters. The summed E-state index contributed by atoms with van der Waals surface area (Å²) in [6.45, 7) is 0.934. The Hall–Kier alpha value is -1.29. The third-order valence-corrected chi connectivity index (χ3v) is 7.17. The van der Waals surface area contributed by atoms with Gasteiger partial charge in [-0.25, -0.2) is 10.2 Å². The standard InChI is InChI=1S/C19H22Br2N3O5P/c20-10-12-22-30(27,23-13-11-21)29-18-9-7-16-15(18)6-8-17(24(25)26)19(16)28-14-4-2-1-3-5-14/h1-6,8,18H,7,9-13H2,(H2,22,23,27). The normalized spacial score (nSPS) is 15.7. The second-order valence-electron chi connectivity index (χ2n) is 6.53. The summed E-state index contributed by atoms with van der Waals surface area (Å²) in [6.07, 6.45) is 0.619. The van der Waals surface area contributed by atoms with Crippen LogP contribution < -0.4 is 14.9 Å². The van der Waals surface area contributed by atoms with Crippen molar-refractivity contribution < 1.29 is 18.7 Å². The lowest BCUT2D eigenvalue weighted by Gasteiger charge is -2.24. The highest BCUT2D eigenvalue weighted by Crippen LogP contribution is 2.51. The molecule has 162 valence electrons. The molecule has 30 heavy (non-hydrogen) atoms. The second kappa shape index (κ2) is 10.8. The number of ether oxygens (including phenoxy) is 1. The second-order valence-corrected chi connectivity index (χ2v) is 10.1. The lowest BCUT2D eigenvalue weighted by molar-refractivity contribution is -0.385. The summed E-state index contributed by atoms with van der Waals surface area (Å²) in [5.74, 6) is 0.730. The zero-order valence-electron chi connectivity index (χ0n) is 16.1. The van der Waals surface area contributed by atoms with Crippen molar-refractivity contribution in [1.82, 2.24) is 10.2 Å². The van der Waals surface area contributed by atoms with Gasteiger partial charge >= 0.3 is 13.4 Å². The fraction of sp³-hybridized carbons (Fsp3) is 0.368. The Balaban J connectivity index is 1.91. The van der Waals surface area contributed by atoms with Crippen molar-refractivity contribution in [2.45, 2.75) is 18.9 Å². The van der Waals surface area contributed by atoms with Gasteiger partial charge in [-0.2, -0.15) is 0 Å². The summed E-state index contributed by atoms with van der Waals surface area (Å²) in [5, 5.41) is 18.7. The largest absolute Gasteiger partial charge is 0.450 e. The molecule has 2 aromatic carbocycles. The van der Waals surface area contributed by atoms with Crippen LogP contribution in [0.3, 0.4) is 0 Å². The molecule has 8 nitrogen and oxygen atoms in total. The zero-order valence-corrected chi connectivity index (χ0v) is 20.1. The van der Waals surface area contributed by atoms with E-state index in [0.717, 1.165) is 5.56 Å². The van der Waals surface area contributed by atoms with Gasteiger partial charge in [0.15, 0.2) is 0 Å². The number of nitrogens with one attached hydrogen (secondary N) is 2. The monoisotopic (exact) mass is 561 g/mol. The van der Waals surface area contributed by atoms with Crippen molar-refractivity contribution in [3.63, 3.8) is 0 Å². The number of alkyl halides is 2. The number of hydrogen-bond donors (Lipinski definition) is 2. The molecular weight excluding hydrogens is 541 g/mol. The highest BCUT2D eigenvalue weighted by atomic mass is 79.9. The quantitative estimate of drug-likeness (QED) is 0.162. The van der Waals surface area contributed by atoms with Gasteiger partial charge in [0.25, 0.3) is 0 Å². The van der Waals surface area contributed by atoms with Crippen LogP contribution in [-0.4, -0.2) is 28.7 Å². The summed E-state index contributed by atoms with van der Waals surface area (Å²) in [4.78, 5) is 11.1. The van der Waals surface area contributed by atoms with Crippen LogP contribution >= 0.6 is 39.5 Å². The highest BCUT2D eigenvalue weighted by molar-refractivity contribution is 9.09. The van der Waals surface area contributed by atoms with E-state index in [1.807, 2.05) is 6.07 Å². The number of nitro groups is 1. The van der Waals surface area contributed by atoms with Crippen molar-refractivity contribution >= 4 is 45.2 Å². The summed E-state index contributed by atoms with van der Waals surface area (Å²) >= 11 is 6.63. The molecule has 0 heterocycles. The lowest BCUT2D eigenvalue weighted by Crippen LogP contribution is -2.27. The lowest BCUT2D eigenvalue weighted by atomic mass is 10.1. The minimum atomic E-state index is -3.30. The molecule has 1 aliphatic carbocycles. The number of para-hydroxylation sites is 1. The number of nitrogens with zero attached hydrogens (tertiary/aromatic N) is 1. The molecule has 0 aromatic heterocycles. The fourth-order valence-corrected chi connectivity index (χ4v) is 5.94. The Kier molecular flexibility index (Phi) is 8.44. The fourth-order valence-electron chi connectivity index (χ4n) is 3.28. The average molecular weight is 563 g/mol. The van der Waals surface area contributed by atoms with Gasteiger partial charge in [-0.05, 0) is 36.6 Å². The Labute approximate surface area is 191 Å². The Morgan fingerprint density at radius 3 is 2.37 bits per heavy atom. The zero-order chi connectivity index (χ0) is 21.6. The van der Waals surface area contributed by atoms with Crippen LogP contribution in [0.25, 0.3) is 0 Å². The van der Waals surface area contributed by atoms with Gasteiger partial charge in [-0.1, -0.05) is 50.1 Å². The first-order chi connectivity index (χ1) is 14.5. The van der Waals surface area contributed by atoms with Crippen molar-refractivity contribution in [3.05, 3.63) is 63.7 Å². The summed E-state index contributed by atoms with van der Waals surface area (Å²) < 4.78 is 25.1. The number of benzene rings is 2. The third kappa shape index (κ3) is 5.69. The molecule has 0 spiro atoms. The van der Waals surface area contributed by atoms with Crippen molar-refractivity contribution in [3.8, 4) is 11.5 Å². The minimum Gasteiger partial charge on any atom is -0.450 e. The number of fused-ring (bicyclic) bond motifs is 1. The maximum Gasteiger partial charge on any atom is 0.341 e. The predicted molar refractivity (Wildman–Crippen MR) is 123 cm³/mol. The topological polar surface area (TPSA) is 103 Å². The molecule has 0 bridgehead atoms. The predicted octanol–water partition coefficient (Wildman–Crippen LogP) is 5.47. The van der Waals surface area contributed by atoms with E-state index in [4.69, 9.17) is 9.26 Å². The molecule has 1 atom stereocenters. The molecule has 0 saturated heterocycles. The van der Waals surface area contributed by atoms with E-state index in [2.05, 4.69) is 42.0 Å². The van der Waals surface area contributed by atoms with E-state index in [1.54, 1.807) is 30.3 Å². The van der Waals surface area contributed by atoms with E-state index in [1.165, 1.54) is 6.07 Å².